The number of benzene rings is 2. The van der Waals surface area contributed by atoms with Crippen LogP contribution in [0.1, 0.15) is 68.7 Å². The van der Waals surface area contributed by atoms with Gasteiger partial charge in [-0.2, -0.15) is 31.3 Å². The summed E-state index contributed by atoms with van der Waals surface area (Å²) in [5.74, 6) is -0.208. The second kappa shape index (κ2) is 19.2. The van der Waals surface area contributed by atoms with Crippen molar-refractivity contribution in [2.45, 2.75) is 75.4 Å². The van der Waals surface area contributed by atoms with E-state index in [9.17, 15) is 40.7 Å². The molecule has 0 saturated carbocycles. The van der Waals surface area contributed by atoms with Gasteiger partial charge >= 0.3 is 24.0 Å². The summed E-state index contributed by atoms with van der Waals surface area (Å²) in [6, 6.07) is 11.7. The lowest BCUT2D eigenvalue weighted by Crippen LogP contribution is -2.29. The zero-order valence-corrected chi connectivity index (χ0v) is 30.2. The molecule has 2 heterocycles. The lowest BCUT2D eigenvalue weighted by atomic mass is 10.1. The van der Waals surface area contributed by atoms with Gasteiger partial charge in [0, 0.05) is 63.4 Å². The van der Waals surface area contributed by atoms with Gasteiger partial charge in [-0.1, -0.05) is 25.0 Å². The zero-order valence-electron chi connectivity index (χ0n) is 29.4. The van der Waals surface area contributed by atoms with Crippen molar-refractivity contribution in [2.24, 2.45) is 0 Å². The highest BCUT2D eigenvalue weighted by atomic mass is 32.2. The van der Waals surface area contributed by atoms with E-state index in [1.54, 1.807) is 36.0 Å². The van der Waals surface area contributed by atoms with E-state index in [-0.39, 0.29) is 31.2 Å². The Morgan fingerprint density at radius 3 is 1.98 bits per heavy atom. The minimum Gasteiger partial charge on any atom is -0.462 e. The number of aromatic nitrogens is 2. The Morgan fingerprint density at radius 2 is 1.43 bits per heavy atom. The highest BCUT2D eigenvalue weighted by Gasteiger charge is 2.32. The third kappa shape index (κ3) is 13.3. The van der Waals surface area contributed by atoms with Gasteiger partial charge in [0.05, 0.1) is 11.1 Å². The zero-order chi connectivity index (χ0) is 38.6. The molecule has 17 heteroatoms. The van der Waals surface area contributed by atoms with Gasteiger partial charge in [-0.05, 0) is 68.1 Å². The first-order valence-corrected chi connectivity index (χ1v) is 18.2. The van der Waals surface area contributed by atoms with Gasteiger partial charge in [0.1, 0.15) is 24.1 Å². The summed E-state index contributed by atoms with van der Waals surface area (Å²) >= 11 is 1.38. The third-order valence-corrected chi connectivity index (χ3v) is 9.62. The minimum atomic E-state index is -4.41. The first-order valence-electron chi connectivity index (χ1n) is 17.2. The normalized spacial score (nSPS) is 16.0. The van der Waals surface area contributed by atoms with Crippen LogP contribution < -0.4 is 20.8 Å². The van der Waals surface area contributed by atoms with Crippen LogP contribution in [0.25, 0.3) is 0 Å². The van der Waals surface area contributed by atoms with Crippen molar-refractivity contribution < 1.29 is 45.4 Å². The quantitative estimate of drug-likeness (QED) is 0.0790. The summed E-state index contributed by atoms with van der Waals surface area (Å²) in [5, 5.41) is 2.61. The smallest absolute Gasteiger partial charge is 0.416 e. The molecular weight excluding hydrogens is 728 g/mol. The summed E-state index contributed by atoms with van der Waals surface area (Å²) < 4.78 is 90.4. The van der Waals surface area contributed by atoms with E-state index in [1.165, 1.54) is 40.7 Å². The Bertz CT molecular complexity index is 1720. The Balaban J connectivity index is 1.08. The molecule has 1 amide bonds. The number of anilines is 3. The summed E-state index contributed by atoms with van der Waals surface area (Å²) in [4.78, 5) is 44.8. The van der Waals surface area contributed by atoms with Crippen LogP contribution in [0.15, 0.2) is 65.6 Å². The number of thioether (sulfide) groups is 1. The number of alkyl halides is 6. The molecule has 1 aliphatic heterocycles. The van der Waals surface area contributed by atoms with Gasteiger partial charge < -0.3 is 24.6 Å². The number of esters is 1. The average Bonchev–Trinajstić information content (AvgIpc) is 3.58. The molecule has 0 spiro atoms. The molecule has 2 unspecified atom stereocenters. The van der Waals surface area contributed by atoms with Crippen molar-refractivity contribution in [3.05, 3.63) is 82.4 Å². The number of ether oxygens (including phenoxy) is 2. The first-order chi connectivity index (χ1) is 25.1. The molecular formula is C36H43F6N5O5S. The fraction of sp³-hybridized carbons (Fsp3) is 0.500. The minimum absolute atomic E-state index is 0.00383. The average molecular weight is 772 g/mol. The van der Waals surface area contributed by atoms with Gasteiger partial charge in [-0.3, -0.25) is 14.2 Å². The van der Waals surface area contributed by atoms with E-state index in [2.05, 4.69) is 10.3 Å². The number of halogens is 6. The van der Waals surface area contributed by atoms with Crippen molar-refractivity contribution in [3.63, 3.8) is 0 Å². The van der Waals surface area contributed by atoms with Crippen molar-refractivity contribution >= 4 is 40.8 Å². The highest BCUT2D eigenvalue weighted by molar-refractivity contribution is 8.00. The maximum absolute atomic E-state index is 13.0. The molecule has 4 rings (SSSR count). The summed E-state index contributed by atoms with van der Waals surface area (Å²) in [5.41, 5.74) is -1.58. The van der Waals surface area contributed by atoms with Gasteiger partial charge in [-0.15, -0.1) is 11.8 Å². The largest absolute Gasteiger partial charge is 0.462 e. The van der Waals surface area contributed by atoms with Crippen molar-refractivity contribution in [2.75, 3.05) is 54.7 Å². The number of nitrogens with one attached hydrogen (secondary N) is 1. The van der Waals surface area contributed by atoms with Crippen LogP contribution in [0.5, 0.6) is 0 Å². The number of nitrogens with zero attached hydrogens (tertiary/aromatic N) is 4. The number of carbonyl (C=O) groups is 2. The molecule has 1 saturated heterocycles. The predicted octanol–water partition coefficient (Wildman–Crippen LogP) is 7.74. The highest BCUT2D eigenvalue weighted by Crippen LogP contribution is 2.33. The topological polar surface area (TPSA) is 106 Å². The van der Waals surface area contributed by atoms with Crippen molar-refractivity contribution in [1.29, 1.82) is 0 Å². The molecule has 1 aromatic heterocycles. The maximum atomic E-state index is 13.0. The molecule has 0 aliphatic carbocycles. The Kier molecular flexibility index (Phi) is 15.0. The van der Waals surface area contributed by atoms with E-state index >= 15 is 0 Å². The van der Waals surface area contributed by atoms with Crippen LogP contribution in [-0.2, 0) is 31.4 Å². The van der Waals surface area contributed by atoms with E-state index in [0.29, 0.717) is 68.7 Å². The van der Waals surface area contributed by atoms with Crippen LogP contribution in [0.4, 0.5) is 43.5 Å². The number of hydrogen-bond acceptors (Lipinski definition) is 9. The Labute approximate surface area is 307 Å². The maximum Gasteiger partial charge on any atom is 0.416 e. The van der Waals surface area contributed by atoms with Gasteiger partial charge in [0.25, 0.3) is 0 Å². The summed E-state index contributed by atoms with van der Waals surface area (Å²) in [6.45, 7) is 1.05. The van der Waals surface area contributed by atoms with Crippen LogP contribution in [0.2, 0.25) is 0 Å². The molecule has 1 aliphatic rings. The van der Waals surface area contributed by atoms with Gasteiger partial charge in [0.2, 0.25) is 5.91 Å². The standard InChI is InChI=1S/C36H43F6N5O5S/c1-45(27-13-9-11-25(21-27)35(37,38)39)18-7-3-5-15-30(48)43-29-17-20-47(34(50)44-29)31-24-53-33(52-31)23-51-32(49)16-6-4-8-19-46(2)28-14-10-12-26(22-28)36(40,41)42/h9-14,17,20-22,31,33H,3-8,15-16,18-19,23-24H2,1-2H3,(H,43,44,48,50). The fourth-order valence-electron chi connectivity index (χ4n) is 5.52. The van der Waals surface area contributed by atoms with Crippen molar-refractivity contribution in [3.8, 4) is 0 Å². The van der Waals surface area contributed by atoms with E-state index < -0.39 is 46.8 Å². The lowest BCUT2D eigenvalue weighted by Gasteiger charge is -2.20. The molecule has 290 valence electrons. The lowest BCUT2D eigenvalue weighted by molar-refractivity contribution is -0.147. The van der Waals surface area contributed by atoms with E-state index in [1.807, 2.05) is 0 Å². The molecule has 0 radical (unpaired) electrons. The molecule has 1 fully saturated rings. The molecule has 3 aromatic rings. The Morgan fingerprint density at radius 1 is 0.868 bits per heavy atom. The van der Waals surface area contributed by atoms with Crippen LogP contribution >= 0.6 is 11.8 Å². The summed E-state index contributed by atoms with van der Waals surface area (Å²) in [7, 11) is 3.44. The molecule has 53 heavy (non-hydrogen) atoms. The molecule has 1 N–H and O–H groups in total. The van der Waals surface area contributed by atoms with Crippen LogP contribution in [0.3, 0.4) is 0 Å². The van der Waals surface area contributed by atoms with Crippen LogP contribution in [-0.4, -0.2) is 66.4 Å². The SMILES string of the molecule is CN(CCCCCC(=O)Nc1ccn(C2CSC(COC(=O)CCCCCN(C)c3cccc(C(F)(F)F)c3)O2)c(=O)n1)c1cccc(C(F)(F)F)c1. The number of rotatable bonds is 18. The Hall–Kier alpha value is -4.25. The van der Waals surface area contributed by atoms with E-state index in [0.717, 1.165) is 24.3 Å². The second-order valence-corrected chi connectivity index (χ2v) is 13.8. The molecule has 0 bridgehead atoms. The van der Waals surface area contributed by atoms with Crippen LogP contribution in [0, 0.1) is 0 Å². The monoisotopic (exact) mass is 771 g/mol. The van der Waals surface area contributed by atoms with Gasteiger partial charge in [0.15, 0.2) is 0 Å². The third-order valence-electron chi connectivity index (χ3n) is 8.52. The number of amides is 1. The number of carbonyl (C=O) groups excluding carboxylic acids is 2. The molecule has 10 nitrogen and oxygen atoms in total. The fourth-order valence-corrected chi connectivity index (χ4v) is 6.51. The predicted molar refractivity (Wildman–Crippen MR) is 191 cm³/mol. The van der Waals surface area contributed by atoms with Gasteiger partial charge in [-0.25, -0.2) is 4.79 Å². The number of unbranched alkanes of at least 4 members (excludes halogenated alkanes) is 4. The van der Waals surface area contributed by atoms with E-state index in [4.69, 9.17) is 9.47 Å². The molecule has 2 atom stereocenters. The first kappa shape index (κ1) is 41.5. The second-order valence-electron chi connectivity index (χ2n) is 12.6. The molecule has 2 aromatic carbocycles. The summed E-state index contributed by atoms with van der Waals surface area (Å²) in [6.07, 6.45) is -3.80. The number of hydrogen-bond donors (Lipinski definition) is 1. The van der Waals surface area contributed by atoms with Crippen molar-refractivity contribution in [1.82, 2.24) is 9.55 Å².